The van der Waals surface area contributed by atoms with Crippen molar-refractivity contribution < 1.29 is 23.9 Å². The standard InChI is InChI=1S/C24H21N3O5/c1-16-7-11-18(12-8-16)24(30)32-19-13-9-17(10-14-19)15-25-27-23(29)22(28)26-20-5-3-4-6-21(20)31-2/h3-15H,1-2H3,(H,26,28)(H,27,29)/b25-15-. The van der Waals surface area contributed by atoms with Crippen LogP contribution in [0.5, 0.6) is 11.5 Å². The molecule has 0 aromatic heterocycles. The third-order valence-electron chi connectivity index (χ3n) is 4.32. The molecule has 0 aliphatic rings. The number of esters is 1. The molecule has 0 atom stereocenters. The topological polar surface area (TPSA) is 106 Å². The molecule has 0 unspecified atom stereocenters. The van der Waals surface area contributed by atoms with E-state index in [1.54, 1.807) is 60.7 Å². The van der Waals surface area contributed by atoms with Crippen molar-refractivity contribution in [3.8, 4) is 11.5 Å². The van der Waals surface area contributed by atoms with Crippen LogP contribution >= 0.6 is 0 Å². The molecule has 0 aliphatic carbocycles. The Balaban J connectivity index is 1.52. The molecular formula is C24H21N3O5. The third-order valence-corrected chi connectivity index (χ3v) is 4.32. The minimum Gasteiger partial charge on any atom is -0.495 e. The van der Waals surface area contributed by atoms with E-state index in [9.17, 15) is 14.4 Å². The molecule has 3 rings (SSSR count). The van der Waals surface area contributed by atoms with Gasteiger partial charge in [0.05, 0.1) is 24.6 Å². The fraction of sp³-hybridized carbons (Fsp3) is 0.0833. The van der Waals surface area contributed by atoms with Gasteiger partial charge in [-0.15, -0.1) is 0 Å². The van der Waals surface area contributed by atoms with Gasteiger partial charge in [0.25, 0.3) is 0 Å². The number of hydrogen-bond donors (Lipinski definition) is 2. The van der Waals surface area contributed by atoms with E-state index in [1.165, 1.54) is 13.3 Å². The van der Waals surface area contributed by atoms with Crippen molar-refractivity contribution in [2.45, 2.75) is 6.92 Å². The number of anilines is 1. The van der Waals surface area contributed by atoms with E-state index < -0.39 is 17.8 Å². The monoisotopic (exact) mass is 431 g/mol. The summed E-state index contributed by atoms with van der Waals surface area (Å²) in [5.41, 5.74) is 4.66. The zero-order chi connectivity index (χ0) is 22.9. The molecule has 0 aliphatic heterocycles. The molecule has 0 saturated heterocycles. The summed E-state index contributed by atoms with van der Waals surface area (Å²) >= 11 is 0. The fourth-order valence-corrected chi connectivity index (χ4v) is 2.62. The molecule has 2 N–H and O–H groups in total. The molecule has 0 saturated carbocycles. The number of hydrogen-bond acceptors (Lipinski definition) is 6. The Morgan fingerprint density at radius 3 is 2.25 bits per heavy atom. The Hall–Kier alpha value is -4.46. The summed E-state index contributed by atoms with van der Waals surface area (Å²) in [5, 5.41) is 6.22. The van der Waals surface area contributed by atoms with Crippen LogP contribution in [0.2, 0.25) is 0 Å². The van der Waals surface area contributed by atoms with Gasteiger partial charge in [0, 0.05) is 0 Å². The molecule has 0 spiro atoms. The number of nitrogens with zero attached hydrogens (tertiary/aromatic N) is 1. The minimum atomic E-state index is -0.934. The molecule has 8 nitrogen and oxygen atoms in total. The van der Waals surface area contributed by atoms with Gasteiger partial charge >= 0.3 is 17.8 Å². The molecule has 3 aromatic rings. The number of amides is 2. The van der Waals surface area contributed by atoms with Gasteiger partial charge in [0.1, 0.15) is 11.5 Å². The van der Waals surface area contributed by atoms with Crippen LogP contribution in [0.25, 0.3) is 0 Å². The second-order valence-corrected chi connectivity index (χ2v) is 6.68. The Kier molecular flexibility index (Phi) is 7.32. The predicted octanol–water partition coefficient (Wildman–Crippen LogP) is 3.31. The largest absolute Gasteiger partial charge is 0.495 e. The maximum absolute atomic E-state index is 12.2. The highest BCUT2D eigenvalue weighted by Gasteiger charge is 2.15. The van der Waals surface area contributed by atoms with Gasteiger partial charge in [-0.05, 0) is 61.0 Å². The van der Waals surface area contributed by atoms with Crippen LogP contribution in [0.1, 0.15) is 21.5 Å². The molecule has 162 valence electrons. The SMILES string of the molecule is COc1ccccc1NC(=O)C(=O)N/N=C\c1ccc(OC(=O)c2ccc(C)cc2)cc1. The first-order valence-corrected chi connectivity index (χ1v) is 9.62. The predicted molar refractivity (Wildman–Crippen MR) is 120 cm³/mol. The van der Waals surface area contributed by atoms with E-state index in [1.807, 2.05) is 19.1 Å². The van der Waals surface area contributed by atoms with E-state index in [0.29, 0.717) is 28.3 Å². The zero-order valence-corrected chi connectivity index (χ0v) is 17.5. The maximum atomic E-state index is 12.2. The Morgan fingerprint density at radius 2 is 1.56 bits per heavy atom. The highest BCUT2D eigenvalue weighted by atomic mass is 16.5. The molecule has 0 bridgehead atoms. The number of carbonyl (C=O) groups is 3. The number of rotatable bonds is 6. The second kappa shape index (κ2) is 10.5. The lowest BCUT2D eigenvalue weighted by molar-refractivity contribution is -0.136. The average Bonchev–Trinajstić information content (AvgIpc) is 2.80. The first kappa shape index (κ1) is 22.2. The van der Waals surface area contributed by atoms with Crippen LogP contribution < -0.4 is 20.2 Å². The van der Waals surface area contributed by atoms with Crippen LogP contribution in [0.4, 0.5) is 5.69 Å². The molecule has 2 amide bonds. The number of hydrazone groups is 1. The highest BCUT2D eigenvalue weighted by molar-refractivity contribution is 6.39. The fourth-order valence-electron chi connectivity index (χ4n) is 2.62. The van der Waals surface area contributed by atoms with Gasteiger partial charge in [-0.25, -0.2) is 10.2 Å². The molecule has 32 heavy (non-hydrogen) atoms. The Bertz CT molecular complexity index is 1140. The minimum absolute atomic E-state index is 0.368. The third kappa shape index (κ3) is 6.02. The number of carbonyl (C=O) groups excluding carboxylic acids is 3. The number of ether oxygens (including phenoxy) is 2. The van der Waals surface area contributed by atoms with Gasteiger partial charge in [-0.1, -0.05) is 29.8 Å². The summed E-state index contributed by atoms with van der Waals surface area (Å²) in [7, 11) is 1.46. The smallest absolute Gasteiger partial charge is 0.343 e. The zero-order valence-electron chi connectivity index (χ0n) is 17.5. The summed E-state index contributed by atoms with van der Waals surface area (Å²) in [6.07, 6.45) is 1.36. The van der Waals surface area contributed by atoms with Crippen molar-refractivity contribution in [1.82, 2.24) is 5.43 Å². The number of aryl methyl sites for hydroxylation is 1. The molecule has 3 aromatic carbocycles. The van der Waals surface area contributed by atoms with Gasteiger partial charge in [-0.3, -0.25) is 9.59 Å². The van der Waals surface area contributed by atoms with Crippen LogP contribution in [-0.2, 0) is 9.59 Å². The average molecular weight is 431 g/mol. The van der Waals surface area contributed by atoms with Crippen molar-refractivity contribution in [3.63, 3.8) is 0 Å². The van der Waals surface area contributed by atoms with Gasteiger partial charge < -0.3 is 14.8 Å². The lowest BCUT2D eigenvalue weighted by Crippen LogP contribution is -2.32. The lowest BCUT2D eigenvalue weighted by Gasteiger charge is -2.08. The van der Waals surface area contributed by atoms with E-state index in [0.717, 1.165) is 5.56 Å². The van der Waals surface area contributed by atoms with Gasteiger partial charge in [0.15, 0.2) is 0 Å². The summed E-state index contributed by atoms with van der Waals surface area (Å²) < 4.78 is 10.4. The van der Waals surface area contributed by atoms with Crippen molar-refractivity contribution in [1.29, 1.82) is 0 Å². The molecule has 0 radical (unpaired) electrons. The van der Waals surface area contributed by atoms with Gasteiger partial charge in [0.2, 0.25) is 0 Å². The number of nitrogens with one attached hydrogen (secondary N) is 2. The number of para-hydroxylation sites is 2. The van der Waals surface area contributed by atoms with Crippen LogP contribution in [0, 0.1) is 6.92 Å². The molecule has 0 fully saturated rings. The summed E-state index contributed by atoms with van der Waals surface area (Å²) in [4.78, 5) is 36.1. The Labute approximate surface area is 184 Å². The normalized spacial score (nSPS) is 10.4. The molecule has 8 heteroatoms. The lowest BCUT2D eigenvalue weighted by atomic mass is 10.1. The summed E-state index contributed by atoms with van der Waals surface area (Å²) in [6, 6.07) is 20.3. The van der Waals surface area contributed by atoms with Crippen molar-refractivity contribution in [2.75, 3.05) is 12.4 Å². The quantitative estimate of drug-likeness (QED) is 0.205. The van der Waals surface area contributed by atoms with E-state index in [4.69, 9.17) is 9.47 Å². The molecule has 0 heterocycles. The highest BCUT2D eigenvalue weighted by Crippen LogP contribution is 2.22. The summed E-state index contributed by atoms with van der Waals surface area (Å²) in [5.74, 6) is -1.48. The Morgan fingerprint density at radius 1 is 0.875 bits per heavy atom. The van der Waals surface area contributed by atoms with Crippen molar-refractivity contribution in [2.24, 2.45) is 5.10 Å². The second-order valence-electron chi connectivity index (χ2n) is 6.68. The van der Waals surface area contributed by atoms with Crippen LogP contribution in [0.3, 0.4) is 0 Å². The number of methoxy groups -OCH3 is 1. The first-order chi connectivity index (χ1) is 15.5. The summed E-state index contributed by atoms with van der Waals surface area (Å²) in [6.45, 7) is 1.94. The van der Waals surface area contributed by atoms with Crippen molar-refractivity contribution >= 4 is 29.7 Å². The van der Waals surface area contributed by atoms with Crippen molar-refractivity contribution in [3.05, 3.63) is 89.5 Å². The molecular weight excluding hydrogens is 410 g/mol. The van der Waals surface area contributed by atoms with Crippen LogP contribution in [0.15, 0.2) is 77.9 Å². The number of benzene rings is 3. The first-order valence-electron chi connectivity index (χ1n) is 9.62. The van der Waals surface area contributed by atoms with Crippen LogP contribution in [-0.4, -0.2) is 31.1 Å². The van der Waals surface area contributed by atoms with Gasteiger partial charge in [-0.2, -0.15) is 5.10 Å². The van der Waals surface area contributed by atoms with E-state index in [-0.39, 0.29) is 0 Å². The maximum Gasteiger partial charge on any atom is 0.343 e. The van der Waals surface area contributed by atoms with E-state index >= 15 is 0 Å². The van der Waals surface area contributed by atoms with E-state index in [2.05, 4.69) is 15.8 Å².